The summed E-state index contributed by atoms with van der Waals surface area (Å²) in [5, 5.41) is 0. The first-order chi connectivity index (χ1) is 14.4. The molecule has 2 fully saturated rings. The van der Waals surface area contributed by atoms with Gasteiger partial charge in [0, 0.05) is 30.9 Å². The smallest absolute Gasteiger partial charge is 0.151 e. The molecule has 146 valence electrons. The second-order valence-corrected chi connectivity index (χ2v) is 8.41. The zero-order valence-electron chi connectivity index (χ0n) is 16.4. The summed E-state index contributed by atoms with van der Waals surface area (Å²) in [5.74, 6) is 1.93. The number of ether oxygens (including phenoxy) is 1. The van der Waals surface area contributed by atoms with E-state index in [1.165, 1.54) is 42.8 Å². The van der Waals surface area contributed by atoms with Gasteiger partial charge in [0.15, 0.2) is 11.5 Å². The largest absolute Gasteiger partial charge is 0.453 e. The van der Waals surface area contributed by atoms with Crippen LogP contribution in [0, 0.1) is 0 Å². The topological polar surface area (TPSA) is 28.6 Å². The molecule has 0 amide bonds. The Balaban J connectivity index is 1.31. The van der Waals surface area contributed by atoms with E-state index < -0.39 is 0 Å². The third-order valence-corrected chi connectivity index (χ3v) is 6.76. The number of pyridine rings is 1. The van der Waals surface area contributed by atoms with Crippen LogP contribution in [0.25, 0.3) is 0 Å². The van der Waals surface area contributed by atoms with Crippen molar-refractivity contribution in [2.75, 3.05) is 4.90 Å². The molecular weight excluding hydrogens is 358 g/mol. The van der Waals surface area contributed by atoms with Crippen molar-refractivity contribution in [3.05, 3.63) is 78.6 Å². The predicted molar refractivity (Wildman–Crippen MR) is 115 cm³/mol. The average Bonchev–Trinajstić information content (AvgIpc) is 2.99. The minimum absolute atomic E-state index is 0.499. The molecule has 0 aliphatic carbocycles. The molecule has 29 heavy (non-hydrogen) atoms. The molecule has 0 spiro atoms. The van der Waals surface area contributed by atoms with Crippen molar-refractivity contribution in [3.63, 3.8) is 0 Å². The van der Waals surface area contributed by atoms with E-state index in [4.69, 9.17) is 4.74 Å². The molecule has 4 heterocycles. The third-order valence-electron chi connectivity index (χ3n) is 6.76. The van der Waals surface area contributed by atoms with Crippen LogP contribution in [-0.2, 0) is 6.54 Å². The van der Waals surface area contributed by atoms with Gasteiger partial charge in [-0.15, -0.1) is 0 Å². The molecular formula is C25H25N3O. The lowest BCUT2D eigenvalue weighted by molar-refractivity contribution is 0.118. The molecule has 0 radical (unpaired) electrons. The molecule has 3 aliphatic heterocycles. The average molecular weight is 383 g/mol. The Morgan fingerprint density at radius 2 is 1.38 bits per heavy atom. The molecule has 4 nitrogen and oxygen atoms in total. The van der Waals surface area contributed by atoms with Crippen LogP contribution in [0.15, 0.2) is 72.9 Å². The maximum atomic E-state index is 6.21. The van der Waals surface area contributed by atoms with Crippen LogP contribution in [0.1, 0.15) is 31.4 Å². The van der Waals surface area contributed by atoms with Gasteiger partial charge in [-0.3, -0.25) is 9.88 Å². The van der Waals surface area contributed by atoms with E-state index in [9.17, 15) is 0 Å². The predicted octanol–water partition coefficient (Wildman–Crippen LogP) is 5.52. The van der Waals surface area contributed by atoms with Crippen molar-refractivity contribution in [1.82, 2.24) is 9.88 Å². The Kier molecular flexibility index (Phi) is 4.05. The molecule has 6 rings (SSSR count). The van der Waals surface area contributed by atoms with Crippen molar-refractivity contribution >= 4 is 11.4 Å². The Morgan fingerprint density at radius 3 is 2.00 bits per heavy atom. The Bertz CT molecular complexity index is 962. The second kappa shape index (κ2) is 6.89. The van der Waals surface area contributed by atoms with Crippen LogP contribution >= 0.6 is 0 Å². The van der Waals surface area contributed by atoms with Crippen molar-refractivity contribution in [2.45, 2.75) is 50.4 Å². The van der Waals surface area contributed by atoms with Gasteiger partial charge in [-0.25, -0.2) is 0 Å². The summed E-state index contributed by atoms with van der Waals surface area (Å²) in [5.41, 5.74) is 3.59. The van der Waals surface area contributed by atoms with E-state index in [0.717, 1.165) is 18.0 Å². The van der Waals surface area contributed by atoms with Crippen LogP contribution in [0.2, 0.25) is 0 Å². The third kappa shape index (κ3) is 2.90. The number of para-hydroxylation sites is 4. The van der Waals surface area contributed by atoms with Gasteiger partial charge < -0.3 is 9.64 Å². The van der Waals surface area contributed by atoms with E-state index >= 15 is 0 Å². The number of fused-ring (bicyclic) bond motifs is 4. The Morgan fingerprint density at radius 1 is 0.759 bits per heavy atom. The normalized spacial score (nSPS) is 25.2. The van der Waals surface area contributed by atoms with E-state index in [1.807, 2.05) is 12.3 Å². The molecule has 1 aromatic heterocycles. The van der Waals surface area contributed by atoms with Crippen molar-refractivity contribution in [2.24, 2.45) is 0 Å². The number of piperidine rings is 1. The first-order valence-corrected chi connectivity index (χ1v) is 10.7. The minimum Gasteiger partial charge on any atom is -0.453 e. The number of hydrogen-bond acceptors (Lipinski definition) is 4. The molecule has 2 aromatic carbocycles. The number of rotatable bonds is 3. The van der Waals surface area contributed by atoms with Gasteiger partial charge in [0.2, 0.25) is 0 Å². The molecule has 4 heteroatoms. The molecule has 0 N–H and O–H groups in total. The summed E-state index contributed by atoms with van der Waals surface area (Å²) in [6.07, 6.45) is 6.87. The summed E-state index contributed by atoms with van der Waals surface area (Å²) in [4.78, 5) is 9.83. The molecule has 3 aliphatic rings. The first-order valence-electron chi connectivity index (χ1n) is 10.7. The van der Waals surface area contributed by atoms with E-state index in [1.54, 1.807) is 0 Å². The summed E-state index contributed by atoms with van der Waals surface area (Å²) in [7, 11) is 0. The van der Waals surface area contributed by atoms with Gasteiger partial charge in [0.1, 0.15) is 0 Å². The molecule has 2 saturated heterocycles. The highest BCUT2D eigenvalue weighted by atomic mass is 16.5. The highest BCUT2D eigenvalue weighted by Crippen LogP contribution is 2.50. The standard InChI is InChI=1S/C25H25N3O/c1-3-10-24-22(8-1)28(23-9-2-4-11-25(23)29-24)21-15-19-12-13-20(16-21)27(19)17-18-7-5-6-14-26-18/h1-11,14,19-21H,12-13,15-17H2. The number of benzene rings is 2. The van der Waals surface area contributed by atoms with Gasteiger partial charge in [0.05, 0.1) is 17.1 Å². The van der Waals surface area contributed by atoms with Gasteiger partial charge in [0.25, 0.3) is 0 Å². The van der Waals surface area contributed by atoms with Crippen LogP contribution < -0.4 is 9.64 Å². The zero-order valence-corrected chi connectivity index (χ0v) is 16.4. The van der Waals surface area contributed by atoms with Crippen LogP contribution in [0.3, 0.4) is 0 Å². The fourth-order valence-corrected chi connectivity index (χ4v) is 5.52. The van der Waals surface area contributed by atoms with Gasteiger partial charge in [-0.2, -0.15) is 0 Å². The maximum absolute atomic E-state index is 6.21. The number of aromatic nitrogens is 1. The highest BCUT2D eigenvalue weighted by molar-refractivity contribution is 5.78. The molecule has 2 atom stereocenters. The molecule has 2 bridgehead atoms. The van der Waals surface area contributed by atoms with Crippen molar-refractivity contribution < 1.29 is 4.74 Å². The fourth-order valence-electron chi connectivity index (χ4n) is 5.52. The highest BCUT2D eigenvalue weighted by Gasteiger charge is 2.44. The van der Waals surface area contributed by atoms with Gasteiger partial charge >= 0.3 is 0 Å². The number of hydrogen-bond donors (Lipinski definition) is 0. The number of anilines is 2. The SMILES string of the molecule is c1ccc(CN2C3CCC2CC(N2c4ccccc4Oc4ccccc42)C3)nc1. The minimum atomic E-state index is 0.499. The maximum Gasteiger partial charge on any atom is 0.151 e. The Labute approximate surface area is 171 Å². The van der Waals surface area contributed by atoms with Crippen molar-refractivity contribution in [3.8, 4) is 11.5 Å². The zero-order chi connectivity index (χ0) is 19.2. The van der Waals surface area contributed by atoms with E-state index in [0.29, 0.717) is 18.1 Å². The number of nitrogens with zero attached hydrogens (tertiary/aromatic N) is 3. The first kappa shape index (κ1) is 17.0. The van der Waals surface area contributed by atoms with E-state index in [2.05, 4.69) is 75.4 Å². The lowest BCUT2D eigenvalue weighted by Gasteiger charge is -2.45. The summed E-state index contributed by atoms with van der Waals surface area (Å²) in [6.45, 7) is 0.971. The van der Waals surface area contributed by atoms with Gasteiger partial charge in [-0.05, 0) is 62.1 Å². The Hall–Kier alpha value is -2.85. The quantitative estimate of drug-likeness (QED) is 0.595. The fraction of sp³-hybridized carbons (Fsp3) is 0.320. The summed E-state index contributed by atoms with van der Waals surface area (Å²) in [6, 6.07) is 24.9. The van der Waals surface area contributed by atoms with Crippen LogP contribution in [-0.4, -0.2) is 28.0 Å². The lowest BCUT2D eigenvalue weighted by Crippen LogP contribution is -2.49. The van der Waals surface area contributed by atoms with Crippen LogP contribution in [0.5, 0.6) is 11.5 Å². The molecule has 2 unspecified atom stereocenters. The molecule has 0 saturated carbocycles. The van der Waals surface area contributed by atoms with E-state index in [-0.39, 0.29) is 0 Å². The van der Waals surface area contributed by atoms with Crippen LogP contribution in [0.4, 0.5) is 11.4 Å². The van der Waals surface area contributed by atoms with Gasteiger partial charge in [-0.1, -0.05) is 30.3 Å². The summed E-state index contributed by atoms with van der Waals surface area (Å²) < 4.78 is 6.21. The molecule has 3 aromatic rings. The monoisotopic (exact) mass is 383 g/mol. The lowest BCUT2D eigenvalue weighted by atomic mass is 9.93. The summed E-state index contributed by atoms with van der Waals surface area (Å²) >= 11 is 0. The second-order valence-electron chi connectivity index (χ2n) is 8.41. The van der Waals surface area contributed by atoms with Crippen molar-refractivity contribution in [1.29, 1.82) is 0 Å².